The SMILES string of the molecule is CCNC(=NCC1(S(C)(=O)=O)CCOCC1)NCCc1ccccc1.I. The lowest BCUT2D eigenvalue weighted by atomic mass is 9.99. The van der Waals surface area contributed by atoms with Crippen molar-refractivity contribution in [3.63, 3.8) is 0 Å². The van der Waals surface area contributed by atoms with Crippen LogP contribution >= 0.6 is 24.0 Å². The first-order valence-electron chi connectivity index (χ1n) is 8.80. The number of sulfone groups is 1. The largest absolute Gasteiger partial charge is 0.381 e. The molecule has 0 radical (unpaired) electrons. The standard InChI is InChI=1S/C18H29N3O3S.HI/c1-3-19-17(20-12-9-16-7-5-4-6-8-16)21-15-18(25(2,22)23)10-13-24-14-11-18;/h4-8H,3,9-15H2,1-2H3,(H2,19,20,21);1H. The molecular weight excluding hydrogens is 465 g/mol. The molecule has 1 heterocycles. The number of rotatable bonds is 7. The van der Waals surface area contributed by atoms with Gasteiger partial charge in [-0.2, -0.15) is 0 Å². The van der Waals surface area contributed by atoms with Gasteiger partial charge in [0.1, 0.15) is 0 Å². The van der Waals surface area contributed by atoms with Crippen molar-refractivity contribution in [1.29, 1.82) is 0 Å². The minimum atomic E-state index is -3.20. The molecule has 2 rings (SSSR count). The molecule has 1 aromatic rings. The minimum absolute atomic E-state index is 0. The van der Waals surface area contributed by atoms with Crippen LogP contribution < -0.4 is 10.6 Å². The highest BCUT2D eigenvalue weighted by molar-refractivity contribution is 14.0. The molecule has 0 unspecified atom stereocenters. The van der Waals surface area contributed by atoms with Gasteiger partial charge < -0.3 is 15.4 Å². The Kier molecular flexibility index (Phi) is 9.88. The molecule has 0 amide bonds. The summed E-state index contributed by atoms with van der Waals surface area (Å²) >= 11 is 0. The first-order chi connectivity index (χ1) is 12.0. The second-order valence-corrected chi connectivity index (χ2v) is 8.84. The lowest BCUT2D eigenvalue weighted by Gasteiger charge is -2.34. The van der Waals surface area contributed by atoms with Crippen molar-refractivity contribution in [2.24, 2.45) is 4.99 Å². The Balaban J connectivity index is 0.00000338. The Bertz CT molecular complexity index is 660. The van der Waals surface area contributed by atoms with Gasteiger partial charge in [0.05, 0.1) is 11.3 Å². The van der Waals surface area contributed by atoms with Crippen molar-refractivity contribution >= 4 is 39.8 Å². The van der Waals surface area contributed by atoms with Crippen molar-refractivity contribution in [3.8, 4) is 0 Å². The van der Waals surface area contributed by atoms with Gasteiger partial charge in [-0.25, -0.2) is 8.42 Å². The molecule has 1 aliphatic heterocycles. The van der Waals surface area contributed by atoms with Crippen molar-refractivity contribution in [1.82, 2.24) is 10.6 Å². The summed E-state index contributed by atoms with van der Waals surface area (Å²) in [5.41, 5.74) is 1.25. The Hall–Kier alpha value is -0.870. The van der Waals surface area contributed by atoms with E-state index >= 15 is 0 Å². The smallest absolute Gasteiger partial charge is 0.191 e. The van der Waals surface area contributed by atoms with E-state index in [4.69, 9.17) is 4.74 Å². The summed E-state index contributed by atoms with van der Waals surface area (Å²) < 4.78 is 29.2. The molecular formula is C18H30IN3O3S. The van der Waals surface area contributed by atoms with Gasteiger partial charge in [0, 0.05) is 32.6 Å². The molecule has 0 aliphatic carbocycles. The number of nitrogens with one attached hydrogen (secondary N) is 2. The summed E-state index contributed by atoms with van der Waals surface area (Å²) in [5.74, 6) is 0.660. The summed E-state index contributed by atoms with van der Waals surface area (Å²) in [6.07, 6.45) is 3.19. The van der Waals surface area contributed by atoms with Crippen molar-refractivity contribution < 1.29 is 13.2 Å². The third kappa shape index (κ3) is 6.70. The number of benzene rings is 1. The number of aliphatic imine (C=N–C) groups is 1. The van der Waals surface area contributed by atoms with E-state index in [0.717, 1.165) is 19.5 Å². The molecule has 2 N–H and O–H groups in total. The number of hydrogen-bond donors (Lipinski definition) is 2. The second kappa shape index (κ2) is 11.1. The third-order valence-corrected chi connectivity index (χ3v) is 6.72. The molecule has 1 fully saturated rings. The van der Waals surface area contributed by atoms with E-state index in [1.165, 1.54) is 11.8 Å². The van der Waals surface area contributed by atoms with E-state index in [-0.39, 0.29) is 30.5 Å². The summed E-state index contributed by atoms with van der Waals surface area (Å²) in [6, 6.07) is 10.2. The zero-order chi connectivity index (χ0) is 18.2. The van der Waals surface area contributed by atoms with Gasteiger partial charge in [-0.3, -0.25) is 4.99 Å². The Morgan fingerprint density at radius 2 is 1.85 bits per heavy atom. The topological polar surface area (TPSA) is 79.8 Å². The van der Waals surface area contributed by atoms with Crippen molar-refractivity contribution in [2.75, 3.05) is 39.1 Å². The molecule has 148 valence electrons. The zero-order valence-corrected chi connectivity index (χ0v) is 18.7. The van der Waals surface area contributed by atoms with Crippen LogP contribution in [-0.4, -0.2) is 58.2 Å². The molecule has 0 spiro atoms. The highest BCUT2D eigenvalue weighted by atomic mass is 127. The minimum Gasteiger partial charge on any atom is -0.381 e. The number of halogens is 1. The van der Waals surface area contributed by atoms with E-state index in [2.05, 4.69) is 27.8 Å². The predicted octanol–water partition coefficient (Wildman–Crippen LogP) is 2.00. The maximum absolute atomic E-state index is 12.3. The second-order valence-electron chi connectivity index (χ2n) is 6.43. The molecule has 1 saturated heterocycles. The third-order valence-electron chi connectivity index (χ3n) is 4.61. The van der Waals surface area contributed by atoms with E-state index < -0.39 is 14.6 Å². The molecule has 0 atom stereocenters. The fraction of sp³-hybridized carbons (Fsp3) is 0.611. The van der Waals surface area contributed by atoms with Crippen molar-refractivity contribution in [2.45, 2.75) is 30.9 Å². The zero-order valence-electron chi connectivity index (χ0n) is 15.5. The van der Waals surface area contributed by atoms with Crippen molar-refractivity contribution in [3.05, 3.63) is 35.9 Å². The monoisotopic (exact) mass is 495 g/mol. The van der Waals surface area contributed by atoms with Gasteiger partial charge in [0.25, 0.3) is 0 Å². The van der Waals surface area contributed by atoms with Gasteiger partial charge in [-0.1, -0.05) is 30.3 Å². The number of hydrogen-bond acceptors (Lipinski definition) is 4. The number of nitrogens with zero attached hydrogens (tertiary/aromatic N) is 1. The van der Waals surface area contributed by atoms with E-state index in [0.29, 0.717) is 32.0 Å². The molecule has 0 saturated carbocycles. The fourth-order valence-electron chi connectivity index (χ4n) is 2.92. The maximum atomic E-state index is 12.3. The average Bonchev–Trinajstić information content (AvgIpc) is 2.60. The van der Waals surface area contributed by atoms with Crippen LogP contribution in [0.4, 0.5) is 0 Å². The first-order valence-corrected chi connectivity index (χ1v) is 10.7. The summed E-state index contributed by atoms with van der Waals surface area (Å²) in [6.45, 7) is 4.67. The van der Waals surface area contributed by atoms with Gasteiger partial charge in [-0.15, -0.1) is 24.0 Å². The predicted molar refractivity (Wildman–Crippen MR) is 117 cm³/mol. The van der Waals surface area contributed by atoms with Gasteiger partial charge in [0.2, 0.25) is 0 Å². The molecule has 0 bridgehead atoms. The van der Waals surface area contributed by atoms with Gasteiger partial charge in [0.15, 0.2) is 15.8 Å². The summed E-state index contributed by atoms with van der Waals surface area (Å²) in [5, 5.41) is 6.48. The first kappa shape index (κ1) is 23.2. The van der Waals surface area contributed by atoms with Crippen LogP contribution in [0, 0.1) is 0 Å². The lowest BCUT2D eigenvalue weighted by Crippen LogP contribution is -2.47. The molecule has 0 aromatic heterocycles. The van der Waals surface area contributed by atoms with Crippen LogP contribution in [0.3, 0.4) is 0 Å². The van der Waals surface area contributed by atoms with Crippen LogP contribution in [0.2, 0.25) is 0 Å². The summed E-state index contributed by atoms with van der Waals surface area (Å²) in [7, 11) is -3.20. The van der Waals surface area contributed by atoms with E-state index in [1.54, 1.807) is 0 Å². The van der Waals surface area contributed by atoms with Crippen LogP contribution in [0.1, 0.15) is 25.3 Å². The highest BCUT2D eigenvalue weighted by Crippen LogP contribution is 2.29. The van der Waals surface area contributed by atoms with Crippen LogP contribution in [0.15, 0.2) is 35.3 Å². The lowest BCUT2D eigenvalue weighted by molar-refractivity contribution is 0.0768. The number of guanidine groups is 1. The van der Waals surface area contributed by atoms with E-state index in [9.17, 15) is 8.42 Å². The highest BCUT2D eigenvalue weighted by Gasteiger charge is 2.42. The van der Waals surface area contributed by atoms with E-state index in [1.807, 2.05) is 25.1 Å². The molecule has 8 heteroatoms. The van der Waals surface area contributed by atoms with Gasteiger partial charge >= 0.3 is 0 Å². The summed E-state index contributed by atoms with van der Waals surface area (Å²) in [4.78, 5) is 4.57. The molecule has 1 aliphatic rings. The molecule has 26 heavy (non-hydrogen) atoms. The normalized spacial score (nSPS) is 17.2. The molecule has 1 aromatic carbocycles. The fourth-order valence-corrected chi connectivity index (χ4v) is 4.13. The van der Waals surface area contributed by atoms with Crippen LogP contribution in [0.25, 0.3) is 0 Å². The van der Waals surface area contributed by atoms with Gasteiger partial charge in [-0.05, 0) is 31.7 Å². The number of ether oxygens (including phenoxy) is 1. The molecule has 6 nitrogen and oxygen atoms in total. The Labute approximate surface area is 174 Å². The Morgan fingerprint density at radius 1 is 1.19 bits per heavy atom. The van der Waals surface area contributed by atoms with Crippen LogP contribution in [0.5, 0.6) is 0 Å². The van der Waals surface area contributed by atoms with Crippen LogP contribution in [-0.2, 0) is 21.0 Å². The Morgan fingerprint density at radius 3 is 2.42 bits per heavy atom. The maximum Gasteiger partial charge on any atom is 0.191 e. The average molecular weight is 495 g/mol. The quantitative estimate of drug-likeness (QED) is 0.344.